The molecule has 1 heterocycles. The van der Waals surface area contributed by atoms with E-state index in [2.05, 4.69) is 12.6 Å². The lowest BCUT2D eigenvalue weighted by atomic mass is 9.95. The van der Waals surface area contributed by atoms with E-state index in [1.165, 1.54) is 6.07 Å². The molecule has 0 N–H and O–H groups in total. The molecule has 0 fully saturated rings. The van der Waals surface area contributed by atoms with Crippen molar-refractivity contribution in [2.24, 2.45) is 0 Å². The second kappa shape index (κ2) is 6.79. The molecule has 0 aliphatic carbocycles. The standard InChI is InChI=1S/C24H15NO3S/c26-25(27)21-7-3-1-5-18(21)15-9-10-19-17(13-15)14-16(11-12-29)24-23(19)20-6-2-4-8-22(20)28-24/h1-14,29H/b12-11-. The lowest BCUT2D eigenvalue weighted by Gasteiger charge is -2.08. The Hall–Kier alpha value is -3.57. The summed E-state index contributed by atoms with van der Waals surface area (Å²) in [4.78, 5) is 11.1. The van der Waals surface area contributed by atoms with Crippen molar-refractivity contribution in [1.82, 2.24) is 0 Å². The van der Waals surface area contributed by atoms with Gasteiger partial charge in [0.2, 0.25) is 0 Å². The number of fused-ring (bicyclic) bond motifs is 5. The van der Waals surface area contributed by atoms with Gasteiger partial charge in [-0.1, -0.05) is 42.5 Å². The Morgan fingerprint density at radius 1 is 0.931 bits per heavy atom. The Kier molecular flexibility index (Phi) is 4.11. The molecule has 29 heavy (non-hydrogen) atoms. The molecule has 1 aromatic heterocycles. The van der Waals surface area contributed by atoms with E-state index in [1.54, 1.807) is 17.5 Å². The largest absolute Gasteiger partial charge is 0.455 e. The van der Waals surface area contributed by atoms with Crippen molar-refractivity contribution in [3.8, 4) is 11.1 Å². The van der Waals surface area contributed by atoms with Crippen LogP contribution in [0.3, 0.4) is 0 Å². The van der Waals surface area contributed by atoms with E-state index in [9.17, 15) is 10.1 Å². The first-order valence-electron chi connectivity index (χ1n) is 9.10. The van der Waals surface area contributed by atoms with Gasteiger partial charge in [-0.3, -0.25) is 10.1 Å². The SMILES string of the molecule is O=[N+]([O-])c1ccccc1-c1ccc2c(c1)cc(/C=C\S)c1oc3ccccc3c12. The quantitative estimate of drug-likeness (QED) is 0.199. The van der Waals surface area contributed by atoms with Gasteiger partial charge in [0.05, 0.1) is 10.5 Å². The highest BCUT2D eigenvalue weighted by Gasteiger charge is 2.17. The maximum atomic E-state index is 11.5. The molecule has 0 aliphatic heterocycles. The van der Waals surface area contributed by atoms with Gasteiger partial charge in [0, 0.05) is 22.4 Å². The van der Waals surface area contributed by atoms with Crippen LogP contribution in [-0.4, -0.2) is 4.92 Å². The zero-order chi connectivity index (χ0) is 20.0. The Morgan fingerprint density at radius 3 is 2.55 bits per heavy atom. The van der Waals surface area contributed by atoms with Crippen LogP contribution in [0.25, 0.3) is 49.9 Å². The molecule has 5 rings (SSSR count). The van der Waals surface area contributed by atoms with Crippen molar-refractivity contribution < 1.29 is 9.34 Å². The monoisotopic (exact) mass is 397 g/mol. The van der Waals surface area contributed by atoms with Gasteiger partial charge in [0.25, 0.3) is 5.69 Å². The number of nitro benzene ring substituents is 1. The van der Waals surface area contributed by atoms with Crippen LogP contribution in [0.15, 0.2) is 82.6 Å². The van der Waals surface area contributed by atoms with Crippen LogP contribution in [0.4, 0.5) is 5.69 Å². The number of thiol groups is 1. The molecule has 0 radical (unpaired) electrons. The van der Waals surface area contributed by atoms with E-state index in [0.29, 0.717) is 5.56 Å². The normalized spacial score (nSPS) is 11.8. The highest BCUT2D eigenvalue weighted by molar-refractivity contribution is 7.83. The summed E-state index contributed by atoms with van der Waals surface area (Å²) in [5.74, 6) is 0. The lowest BCUT2D eigenvalue weighted by molar-refractivity contribution is -0.384. The number of hydrogen-bond acceptors (Lipinski definition) is 4. The maximum absolute atomic E-state index is 11.5. The zero-order valence-electron chi connectivity index (χ0n) is 15.2. The average Bonchev–Trinajstić information content (AvgIpc) is 3.14. The fraction of sp³-hybridized carbons (Fsp3) is 0. The third-order valence-corrected chi connectivity index (χ3v) is 5.30. The summed E-state index contributed by atoms with van der Waals surface area (Å²) in [7, 11) is 0. The molecule has 0 aliphatic rings. The molecule has 140 valence electrons. The molecule has 0 saturated carbocycles. The Balaban J connectivity index is 1.87. The van der Waals surface area contributed by atoms with E-state index in [4.69, 9.17) is 4.42 Å². The number of hydrogen-bond donors (Lipinski definition) is 1. The highest BCUT2D eigenvalue weighted by Crippen LogP contribution is 2.39. The van der Waals surface area contributed by atoms with Crippen molar-refractivity contribution in [2.75, 3.05) is 0 Å². The van der Waals surface area contributed by atoms with Crippen molar-refractivity contribution >= 4 is 57.1 Å². The zero-order valence-corrected chi connectivity index (χ0v) is 16.1. The molecule has 0 unspecified atom stereocenters. The Morgan fingerprint density at radius 2 is 1.72 bits per heavy atom. The maximum Gasteiger partial charge on any atom is 0.277 e. The molecule has 4 nitrogen and oxygen atoms in total. The summed E-state index contributed by atoms with van der Waals surface area (Å²) in [5, 5.41) is 17.3. The van der Waals surface area contributed by atoms with Gasteiger partial charge < -0.3 is 4.42 Å². The Bertz CT molecular complexity index is 1450. The molecule has 0 spiro atoms. The summed E-state index contributed by atoms with van der Waals surface area (Å²) in [6.07, 6.45) is 1.89. The molecular formula is C24H15NO3S. The smallest absolute Gasteiger partial charge is 0.277 e. The molecule has 0 saturated heterocycles. The van der Waals surface area contributed by atoms with E-state index >= 15 is 0 Å². The second-order valence-electron chi connectivity index (χ2n) is 6.79. The minimum Gasteiger partial charge on any atom is -0.455 e. The summed E-state index contributed by atoms with van der Waals surface area (Å²) in [5.41, 5.74) is 4.05. The van der Waals surface area contributed by atoms with Gasteiger partial charge in [0.1, 0.15) is 11.2 Å². The fourth-order valence-corrected chi connectivity index (χ4v) is 4.07. The topological polar surface area (TPSA) is 56.3 Å². The number of benzene rings is 4. The second-order valence-corrected chi connectivity index (χ2v) is 7.09. The van der Waals surface area contributed by atoms with E-state index < -0.39 is 0 Å². The van der Waals surface area contributed by atoms with E-state index in [-0.39, 0.29) is 10.6 Å². The van der Waals surface area contributed by atoms with Crippen LogP contribution < -0.4 is 0 Å². The van der Waals surface area contributed by atoms with Gasteiger partial charge in [-0.15, -0.1) is 0 Å². The number of nitrogens with zero attached hydrogens (tertiary/aromatic N) is 1. The minimum atomic E-state index is -0.346. The van der Waals surface area contributed by atoms with E-state index in [1.807, 2.05) is 60.7 Å². The van der Waals surface area contributed by atoms with Crippen molar-refractivity contribution in [1.29, 1.82) is 0 Å². The van der Waals surface area contributed by atoms with Gasteiger partial charge in [0.15, 0.2) is 0 Å². The van der Waals surface area contributed by atoms with Crippen molar-refractivity contribution in [3.05, 3.63) is 93.9 Å². The van der Waals surface area contributed by atoms with Crippen LogP contribution in [0, 0.1) is 10.1 Å². The van der Waals surface area contributed by atoms with Gasteiger partial charge in [-0.05, 0) is 52.1 Å². The number of nitro groups is 1. The van der Waals surface area contributed by atoms with Gasteiger partial charge >= 0.3 is 0 Å². The predicted molar refractivity (Wildman–Crippen MR) is 121 cm³/mol. The number of para-hydroxylation sites is 2. The van der Waals surface area contributed by atoms with E-state index in [0.717, 1.165) is 43.8 Å². The molecular weight excluding hydrogens is 382 g/mol. The first kappa shape index (κ1) is 17.5. The summed E-state index contributed by atoms with van der Waals surface area (Å²) < 4.78 is 6.14. The van der Waals surface area contributed by atoms with Gasteiger partial charge in [-0.2, -0.15) is 12.6 Å². The van der Waals surface area contributed by atoms with Crippen LogP contribution in [-0.2, 0) is 0 Å². The third-order valence-electron chi connectivity index (χ3n) is 5.16. The molecule has 4 aromatic carbocycles. The van der Waals surface area contributed by atoms with Crippen LogP contribution >= 0.6 is 12.6 Å². The minimum absolute atomic E-state index is 0.0946. The fourth-order valence-electron chi connectivity index (χ4n) is 3.91. The Labute approximate surface area is 171 Å². The predicted octanol–water partition coefficient (Wildman–Crippen LogP) is 7.21. The van der Waals surface area contributed by atoms with Crippen LogP contribution in [0.5, 0.6) is 0 Å². The summed E-state index contributed by atoms with van der Waals surface area (Å²) in [6, 6.07) is 22.7. The first-order chi connectivity index (χ1) is 14.2. The molecule has 5 heteroatoms. The average molecular weight is 397 g/mol. The molecule has 0 amide bonds. The number of rotatable bonds is 3. The summed E-state index contributed by atoms with van der Waals surface area (Å²) in [6.45, 7) is 0. The highest BCUT2D eigenvalue weighted by atomic mass is 32.1. The van der Waals surface area contributed by atoms with Gasteiger partial charge in [-0.25, -0.2) is 0 Å². The number of furan rings is 1. The van der Waals surface area contributed by atoms with Crippen molar-refractivity contribution in [2.45, 2.75) is 0 Å². The molecule has 5 aromatic rings. The van der Waals surface area contributed by atoms with Crippen LogP contribution in [0.1, 0.15) is 5.56 Å². The summed E-state index contributed by atoms with van der Waals surface area (Å²) >= 11 is 4.23. The molecule has 0 atom stereocenters. The van der Waals surface area contributed by atoms with Crippen LogP contribution in [0.2, 0.25) is 0 Å². The third kappa shape index (κ3) is 2.79. The lowest BCUT2D eigenvalue weighted by Crippen LogP contribution is -1.91. The van der Waals surface area contributed by atoms with Crippen molar-refractivity contribution in [3.63, 3.8) is 0 Å². The molecule has 0 bridgehead atoms. The first-order valence-corrected chi connectivity index (χ1v) is 9.61.